The van der Waals surface area contributed by atoms with E-state index in [9.17, 15) is 5.11 Å². The number of nitrogens with two attached hydrogens (primary N) is 1. The Labute approximate surface area is 112 Å². The van der Waals surface area contributed by atoms with Crippen molar-refractivity contribution in [2.75, 3.05) is 20.2 Å². The van der Waals surface area contributed by atoms with Crippen LogP contribution in [-0.4, -0.2) is 41.3 Å². The van der Waals surface area contributed by atoms with Crippen LogP contribution < -0.4 is 10.5 Å². The maximum Gasteiger partial charge on any atom is 0.129 e. The second-order valence-corrected chi connectivity index (χ2v) is 5.02. The van der Waals surface area contributed by atoms with Crippen molar-refractivity contribution >= 4 is 17.2 Å². The molecule has 18 heavy (non-hydrogen) atoms. The van der Waals surface area contributed by atoms with Gasteiger partial charge in [0.05, 0.1) is 18.8 Å². The van der Waals surface area contributed by atoms with E-state index in [2.05, 4.69) is 4.90 Å². The lowest BCUT2D eigenvalue weighted by Crippen LogP contribution is -2.22. The van der Waals surface area contributed by atoms with E-state index in [1.54, 1.807) is 7.11 Å². The number of likely N-dealkylation sites (tertiary alicyclic amines) is 1. The number of aliphatic hydroxyl groups excluding tert-OH is 1. The van der Waals surface area contributed by atoms with E-state index in [1.165, 1.54) is 0 Å². The molecular weight excluding hydrogens is 248 g/mol. The number of hydrogen-bond acceptors (Lipinski definition) is 4. The first-order valence-corrected chi connectivity index (χ1v) is 6.38. The molecule has 4 nitrogen and oxygen atoms in total. The first-order chi connectivity index (χ1) is 8.60. The molecule has 1 aliphatic rings. The van der Waals surface area contributed by atoms with Crippen LogP contribution in [0.2, 0.25) is 0 Å². The van der Waals surface area contributed by atoms with Crippen LogP contribution in [0.3, 0.4) is 0 Å². The number of β-amino-alcohol motifs (C(OH)–C–C–N with tert-alkyl or cyclic N) is 1. The standard InChI is InChI=1S/C13H18N2O2S/c1-17-12-3-2-9(6-11(12)13(14)18)7-15-5-4-10(16)8-15/h2-3,6,10,16H,4-5,7-8H2,1H3,(H2,14,18). The SMILES string of the molecule is COc1ccc(CN2CCC(O)C2)cc1C(N)=S. The predicted octanol–water partition coefficient (Wildman–Crippen LogP) is 0.896. The van der Waals surface area contributed by atoms with Gasteiger partial charge >= 0.3 is 0 Å². The average Bonchev–Trinajstić information content (AvgIpc) is 2.74. The van der Waals surface area contributed by atoms with Gasteiger partial charge in [0.15, 0.2) is 0 Å². The number of rotatable bonds is 4. The van der Waals surface area contributed by atoms with Crippen LogP contribution in [0, 0.1) is 0 Å². The fourth-order valence-corrected chi connectivity index (χ4v) is 2.42. The molecule has 1 aliphatic heterocycles. The number of ether oxygens (including phenoxy) is 1. The van der Waals surface area contributed by atoms with Crippen LogP contribution in [0.15, 0.2) is 18.2 Å². The highest BCUT2D eigenvalue weighted by Crippen LogP contribution is 2.21. The zero-order valence-electron chi connectivity index (χ0n) is 10.4. The van der Waals surface area contributed by atoms with Gasteiger partial charge in [0.1, 0.15) is 10.7 Å². The summed E-state index contributed by atoms with van der Waals surface area (Å²) in [7, 11) is 1.60. The largest absolute Gasteiger partial charge is 0.496 e. The highest BCUT2D eigenvalue weighted by Gasteiger charge is 2.20. The van der Waals surface area contributed by atoms with Crippen molar-refractivity contribution in [1.29, 1.82) is 0 Å². The van der Waals surface area contributed by atoms with Gasteiger partial charge in [0, 0.05) is 19.6 Å². The molecule has 1 saturated heterocycles. The Bertz CT molecular complexity index is 451. The molecule has 0 amide bonds. The van der Waals surface area contributed by atoms with Gasteiger partial charge in [0.2, 0.25) is 0 Å². The molecule has 0 radical (unpaired) electrons. The minimum absolute atomic E-state index is 0.196. The van der Waals surface area contributed by atoms with Crippen LogP contribution in [0.4, 0.5) is 0 Å². The van der Waals surface area contributed by atoms with Crippen molar-refractivity contribution in [2.24, 2.45) is 5.73 Å². The van der Waals surface area contributed by atoms with E-state index >= 15 is 0 Å². The fourth-order valence-electron chi connectivity index (χ4n) is 2.26. The minimum Gasteiger partial charge on any atom is -0.496 e. The highest BCUT2D eigenvalue weighted by molar-refractivity contribution is 7.80. The Morgan fingerprint density at radius 2 is 2.39 bits per heavy atom. The second-order valence-electron chi connectivity index (χ2n) is 4.58. The molecule has 1 aromatic carbocycles. The van der Waals surface area contributed by atoms with Crippen LogP contribution in [0.1, 0.15) is 17.5 Å². The molecule has 0 aliphatic carbocycles. The van der Waals surface area contributed by atoms with Crippen LogP contribution in [0.5, 0.6) is 5.75 Å². The number of benzene rings is 1. The van der Waals surface area contributed by atoms with Gasteiger partial charge < -0.3 is 15.6 Å². The molecule has 98 valence electrons. The van der Waals surface area contributed by atoms with Crippen LogP contribution in [-0.2, 0) is 6.54 Å². The Balaban J connectivity index is 2.14. The molecule has 0 aromatic heterocycles. The molecule has 1 atom stereocenters. The summed E-state index contributed by atoms with van der Waals surface area (Å²) in [5, 5.41) is 9.50. The third kappa shape index (κ3) is 2.98. The van der Waals surface area contributed by atoms with Crippen LogP contribution >= 0.6 is 12.2 Å². The molecule has 0 saturated carbocycles. The zero-order chi connectivity index (χ0) is 13.1. The minimum atomic E-state index is -0.196. The lowest BCUT2D eigenvalue weighted by Gasteiger charge is -2.16. The average molecular weight is 266 g/mol. The number of methoxy groups -OCH3 is 1. The molecule has 3 N–H and O–H groups in total. The maximum atomic E-state index is 9.50. The van der Waals surface area contributed by atoms with E-state index in [-0.39, 0.29) is 6.10 Å². The number of aliphatic hydroxyl groups is 1. The van der Waals surface area contributed by atoms with Crippen LogP contribution in [0.25, 0.3) is 0 Å². The lowest BCUT2D eigenvalue weighted by molar-refractivity contribution is 0.175. The highest BCUT2D eigenvalue weighted by atomic mass is 32.1. The maximum absolute atomic E-state index is 9.50. The summed E-state index contributed by atoms with van der Waals surface area (Å²) in [6, 6.07) is 5.85. The number of hydrogen-bond donors (Lipinski definition) is 2. The molecule has 1 aromatic rings. The smallest absolute Gasteiger partial charge is 0.129 e. The van der Waals surface area contributed by atoms with Crippen molar-refractivity contribution in [3.63, 3.8) is 0 Å². The van der Waals surface area contributed by atoms with E-state index in [0.29, 0.717) is 10.7 Å². The van der Waals surface area contributed by atoms with Gasteiger partial charge in [-0.05, 0) is 24.1 Å². The van der Waals surface area contributed by atoms with Gasteiger partial charge in [0.25, 0.3) is 0 Å². The number of thiocarbonyl (C=S) groups is 1. The molecule has 0 bridgehead atoms. The summed E-state index contributed by atoms with van der Waals surface area (Å²) < 4.78 is 5.23. The molecule has 0 spiro atoms. The Morgan fingerprint density at radius 1 is 1.61 bits per heavy atom. The van der Waals surface area contributed by atoms with Crippen molar-refractivity contribution in [3.05, 3.63) is 29.3 Å². The predicted molar refractivity (Wildman–Crippen MR) is 74.8 cm³/mol. The molecule has 2 rings (SSSR count). The van der Waals surface area contributed by atoms with Crippen molar-refractivity contribution in [1.82, 2.24) is 4.90 Å². The summed E-state index contributed by atoms with van der Waals surface area (Å²) >= 11 is 5.02. The van der Waals surface area contributed by atoms with Gasteiger partial charge in [-0.2, -0.15) is 0 Å². The summed E-state index contributed by atoms with van der Waals surface area (Å²) in [5.41, 5.74) is 7.59. The van der Waals surface area contributed by atoms with E-state index < -0.39 is 0 Å². The summed E-state index contributed by atoms with van der Waals surface area (Å²) in [6.07, 6.45) is 0.650. The summed E-state index contributed by atoms with van der Waals surface area (Å²) in [5.74, 6) is 0.702. The first kappa shape index (κ1) is 13.3. The molecule has 1 heterocycles. The second kappa shape index (κ2) is 5.65. The van der Waals surface area contributed by atoms with Crippen molar-refractivity contribution < 1.29 is 9.84 Å². The molecule has 1 fully saturated rings. The van der Waals surface area contributed by atoms with Gasteiger partial charge in [-0.15, -0.1) is 0 Å². The fraction of sp³-hybridized carbons (Fsp3) is 0.462. The topological polar surface area (TPSA) is 58.7 Å². The first-order valence-electron chi connectivity index (χ1n) is 5.97. The van der Waals surface area contributed by atoms with Crippen molar-refractivity contribution in [3.8, 4) is 5.75 Å². The van der Waals surface area contributed by atoms with E-state index in [0.717, 1.165) is 37.2 Å². The summed E-state index contributed by atoms with van der Waals surface area (Å²) in [4.78, 5) is 2.56. The van der Waals surface area contributed by atoms with Gasteiger partial charge in [-0.1, -0.05) is 18.3 Å². The molecular formula is C13H18N2O2S. The summed E-state index contributed by atoms with van der Waals surface area (Å²) in [6.45, 7) is 2.46. The third-order valence-electron chi connectivity index (χ3n) is 3.18. The normalized spacial score (nSPS) is 20.0. The van der Waals surface area contributed by atoms with Crippen molar-refractivity contribution in [2.45, 2.75) is 19.1 Å². The zero-order valence-corrected chi connectivity index (χ0v) is 11.2. The Hall–Kier alpha value is -1.17. The Morgan fingerprint density at radius 3 is 2.94 bits per heavy atom. The molecule has 1 unspecified atom stereocenters. The van der Waals surface area contributed by atoms with Gasteiger partial charge in [-0.25, -0.2) is 0 Å². The van der Waals surface area contributed by atoms with E-state index in [1.807, 2.05) is 18.2 Å². The Kier molecular flexibility index (Phi) is 4.16. The number of nitrogens with zero attached hydrogens (tertiary/aromatic N) is 1. The lowest BCUT2D eigenvalue weighted by atomic mass is 10.1. The monoisotopic (exact) mass is 266 g/mol. The van der Waals surface area contributed by atoms with Gasteiger partial charge in [-0.3, -0.25) is 4.90 Å². The quantitative estimate of drug-likeness (QED) is 0.793. The van der Waals surface area contributed by atoms with E-state index in [4.69, 9.17) is 22.7 Å². The third-order valence-corrected chi connectivity index (χ3v) is 3.40. The molecule has 5 heteroatoms.